The van der Waals surface area contributed by atoms with Gasteiger partial charge in [0.05, 0.1) is 0 Å². The normalized spacial score (nSPS) is 11.7. The van der Waals surface area contributed by atoms with Crippen LogP contribution in [0, 0.1) is 0 Å². The number of benzene rings is 3. The summed E-state index contributed by atoms with van der Waals surface area (Å²) in [5, 5.41) is 16.6. The maximum absolute atomic E-state index is 9.99. The van der Waals surface area contributed by atoms with E-state index in [0.717, 1.165) is 30.1 Å². The van der Waals surface area contributed by atoms with Gasteiger partial charge in [-0.25, -0.2) is 0 Å². The Labute approximate surface area is 160 Å². The van der Waals surface area contributed by atoms with Crippen molar-refractivity contribution in [1.82, 2.24) is 5.32 Å². The average Bonchev–Trinajstić information content (AvgIpc) is 2.72. The lowest BCUT2D eigenvalue weighted by Crippen LogP contribution is -2.32. The van der Waals surface area contributed by atoms with E-state index in [1.807, 2.05) is 60.7 Å². The van der Waals surface area contributed by atoms with Crippen LogP contribution in [0.1, 0.15) is 5.56 Å². The maximum Gasteiger partial charge on any atom is 0.119 e. The Morgan fingerprint density at radius 3 is 2.11 bits per heavy atom. The number of aliphatic hydroxyl groups excluding tert-OH is 1. The van der Waals surface area contributed by atoms with E-state index in [9.17, 15) is 5.11 Å². The molecule has 0 aliphatic heterocycles. The van der Waals surface area contributed by atoms with E-state index in [-0.39, 0.29) is 6.61 Å². The molecule has 0 aliphatic carbocycles. The van der Waals surface area contributed by atoms with Gasteiger partial charge < -0.3 is 20.5 Å². The maximum atomic E-state index is 9.99. The van der Waals surface area contributed by atoms with Gasteiger partial charge in [0, 0.05) is 17.9 Å². The first kappa shape index (κ1) is 19.0. The topological polar surface area (TPSA) is 53.5 Å². The molecule has 0 bridgehead atoms. The van der Waals surface area contributed by atoms with Crippen LogP contribution < -0.4 is 15.4 Å². The summed E-state index contributed by atoms with van der Waals surface area (Å²) in [4.78, 5) is 0. The fraction of sp³-hybridized carbons (Fsp3) is 0.217. The molecule has 0 radical (unpaired) electrons. The molecule has 27 heavy (non-hydrogen) atoms. The van der Waals surface area contributed by atoms with Gasteiger partial charge in [-0.3, -0.25) is 0 Å². The van der Waals surface area contributed by atoms with Crippen LogP contribution in [0.25, 0.3) is 0 Å². The van der Waals surface area contributed by atoms with Gasteiger partial charge in [0.15, 0.2) is 0 Å². The van der Waals surface area contributed by atoms with Crippen LogP contribution in [-0.4, -0.2) is 30.9 Å². The zero-order valence-electron chi connectivity index (χ0n) is 15.3. The van der Waals surface area contributed by atoms with Crippen molar-refractivity contribution in [1.29, 1.82) is 0 Å². The molecular formula is C23H26N2O2. The third kappa shape index (κ3) is 6.77. The molecule has 0 amide bonds. The Hall–Kier alpha value is -2.82. The minimum absolute atomic E-state index is 0.289. The van der Waals surface area contributed by atoms with Gasteiger partial charge in [0.2, 0.25) is 0 Å². The van der Waals surface area contributed by atoms with Crippen molar-refractivity contribution in [3.05, 3.63) is 90.5 Å². The summed E-state index contributed by atoms with van der Waals surface area (Å²) in [7, 11) is 0. The number of para-hydroxylation sites is 2. The molecule has 3 rings (SSSR count). The zero-order chi connectivity index (χ0) is 18.7. The second kappa shape index (κ2) is 10.4. The lowest BCUT2D eigenvalue weighted by Gasteiger charge is -2.13. The number of hydrogen-bond donors (Lipinski definition) is 3. The molecule has 0 aliphatic rings. The Morgan fingerprint density at radius 2 is 1.41 bits per heavy atom. The Bertz CT molecular complexity index is 776. The molecule has 0 aromatic heterocycles. The number of aliphatic hydroxyl groups is 1. The van der Waals surface area contributed by atoms with E-state index < -0.39 is 6.10 Å². The summed E-state index contributed by atoms with van der Waals surface area (Å²) in [6.07, 6.45) is 0.389. The molecule has 3 aromatic carbocycles. The molecule has 3 N–H and O–H groups in total. The van der Waals surface area contributed by atoms with E-state index in [2.05, 4.69) is 34.9 Å². The van der Waals surface area contributed by atoms with E-state index in [0.29, 0.717) is 6.54 Å². The number of nitrogens with one attached hydrogen (secondary N) is 2. The van der Waals surface area contributed by atoms with Gasteiger partial charge in [-0.2, -0.15) is 0 Å². The Balaban J connectivity index is 1.33. The fourth-order valence-electron chi connectivity index (χ4n) is 2.71. The van der Waals surface area contributed by atoms with Gasteiger partial charge in [-0.05, 0) is 54.9 Å². The van der Waals surface area contributed by atoms with Crippen LogP contribution in [0.2, 0.25) is 0 Å². The van der Waals surface area contributed by atoms with E-state index >= 15 is 0 Å². The van der Waals surface area contributed by atoms with Crippen molar-refractivity contribution in [3.8, 4) is 5.75 Å². The highest BCUT2D eigenvalue weighted by molar-refractivity contribution is 5.59. The first-order chi connectivity index (χ1) is 13.3. The number of hydrogen-bond acceptors (Lipinski definition) is 4. The van der Waals surface area contributed by atoms with Crippen LogP contribution in [0.5, 0.6) is 5.75 Å². The molecule has 140 valence electrons. The summed E-state index contributed by atoms with van der Waals surface area (Å²) in [5.74, 6) is 0.778. The lowest BCUT2D eigenvalue weighted by molar-refractivity contribution is 0.106. The smallest absolute Gasteiger partial charge is 0.119 e. The molecule has 3 aromatic rings. The van der Waals surface area contributed by atoms with Gasteiger partial charge in [0.1, 0.15) is 18.5 Å². The molecule has 1 atom stereocenters. The van der Waals surface area contributed by atoms with E-state index in [1.54, 1.807) is 0 Å². The predicted octanol–water partition coefficient (Wildman–Crippen LogP) is 4.00. The molecule has 0 heterocycles. The second-order valence-electron chi connectivity index (χ2n) is 6.42. The molecule has 0 spiro atoms. The summed E-state index contributed by atoms with van der Waals surface area (Å²) in [6.45, 7) is 1.62. The third-order valence-corrected chi connectivity index (χ3v) is 4.17. The predicted molar refractivity (Wildman–Crippen MR) is 111 cm³/mol. The monoisotopic (exact) mass is 362 g/mol. The summed E-state index contributed by atoms with van der Waals surface area (Å²) < 4.78 is 5.55. The quantitative estimate of drug-likeness (QED) is 0.477. The Morgan fingerprint density at radius 1 is 0.778 bits per heavy atom. The largest absolute Gasteiger partial charge is 0.491 e. The first-order valence-electron chi connectivity index (χ1n) is 9.27. The molecule has 4 heteroatoms. The van der Waals surface area contributed by atoms with Gasteiger partial charge in [-0.15, -0.1) is 0 Å². The minimum Gasteiger partial charge on any atom is -0.491 e. The lowest BCUT2D eigenvalue weighted by atomic mass is 10.1. The van der Waals surface area contributed by atoms with Crippen molar-refractivity contribution in [2.24, 2.45) is 0 Å². The number of anilines is 2. The molecular weight excluding hydrogens is 336 g/mol. The van der Waals surface area contributed by atoms with E-state index in [1.165, 1.54) is 5.56 Å². The summed E-state index contributed by atoms with van der Waals surface area (Å²) >= 11 is 0. The highest BCUT2D eigenvalue weighted by Gasteiger charge is 2.04. The van der Waals surface area contributed by atoms with Crippen molar-refractivity contribution < 1.29 is 9.84 Å². The molecule has 0 saturated heterocycles. The summed E-state index contributed by atoms with van der Waals surface area (Å²) in [6, 6.07) is 28.1. The van der Waals surface area contributed by atoms with Crippen molar-refractivity contribution in [3.63, 3.8) is 0 Å². The fourth-order valence-corrected chi connectivity index (χ4v) is 2.71. The van der Waals surface area contributed by atoms with Crippen LogP contribution in [0.15, 0.2) is 84.9 Å². The zero-order valence-corrected chi connectivity index (χ0v) is 15.3. The SMILES string of the molecule is O[C@@H](CNCCc1ccc(Nc2ccccc2)cc1)COc1ccccc1. The van der Waals surface area contributed by atoms with Gasteiger partial charge >= 0.3 is 0 Å². The van der Waals surface area contributed by atoms with Crippen molar-refractivity contribution >= 4 is 11.4 Å². The third-order valence-electron chi connectivity index (χ3n) is 4.17. The highest BCUT2D eigenvalue weighted by Crippen LogP contribution is 2.16. The van der Waals surface area contributed by atoms with Crippen LogP contribution in [0.4, 0.5) is 11.4 Å². The standard InChI is InChI=1S/C23H26N2O2/c26-22(18-27-23-9-5-2-6-10-23)17-24-16-15-19-11-13-21(14-12-19)25-20-7-3-1-4-8-20/h1-14,22,24-26H,15-18H2/t22-/m0/s1. The number of ether oxygens (including phenoxy) is 1. The average molecular weight is 362 g/mol. The number of rotatable bonds is 10. The summed E-state index contributed by atoms with van der Waals surface area (Å²) in [5.41, 5.74) is 3.42. The molecule has 0 unspecified atom stereocenters. The molecule has 4 nitrogen and oxygen atoms in total. The van der Waals surface area contributed by atoms with Crippen molar-refractivity contribution in [2.75, 3.05) is 25.0 Å². The van der Waals surface area contributed by atoms with E-state index in [4.69, 9.17) is 4.74 Å². The highest BCUT2D eigenvalue weighted by atomic mass is 16.5. The molecule has 0 fully saturated rings. The van der Waals surface area contributed by atoms with Crippen LogP contribution in [0.3, 0.4) is 0 Å². The van der Waals surface area contributed by atoms with Gasteiger partial charge in [0.25, 0.3) is 0 Å². The van der Waals surface area contributed by atoms with Crippen LogP contribution in [-0.2, 0) is 6.42 Å². The molecule has 0 saturated carbocycles. The Kier molecular flexibility index (Phi) is 7.27. The second-order valence-corrected chi connectivity index (χ2v) is 6.42. The van der Waals surface area contributed by atoms with Gasteiger partial charge in [-0.1, -0.05) is 48.5 Å². The minimum atomic E-state index is -0.525. The first-order valence-corrected chi connectivity index (χ1v) is 9.27. The van der Waals surface area contributed by atoms with Crippen LogP contribution >= 0.6 is 0 Å². The van der Waals surface area contributed by atoms with Crippen molar-refractivity contribution in [2.45, 2.75) is 12.5 Å².